The summed E-state index contributed by atoms with van der Waals surface area (Å²) in [7, 11) is 0. The Bertz CT molecular complexity index is 385. The molecule has 1 aromatic rings. The van der Waals surface area contributed by atoms with Crippen LogP contribution in [0.25, 0.3) is 0 Å². The van der Waals surface area contributed by atoms with Crippen LogP contribution in [0.2, 0.25) is 0 Å². The smallest absolute Gasteiger partial charge is 0.435 e. The third-order valence-corrected chi connectivity index (χ3v) is 2.35. The molecule has 0 spiro atoms. The zero-order valence-electron chi connectivity index (χ0n) is 8.09. The van der Waals surface area contributed by atoms with Gasteiger partial charge in [-0.05, 0) is 30.0 Å². The van der Waals surface area contributed by atoms with Crippen LogP contribution in [0.5, 0.6) is 5.75 Å². The second-order valence-electron chi connectivity index (χ2n) is 2.73. The average molecular weight is 274 g/mol. The van der Waals surface area contributed by atoms with Crippen molar-refractivity contribution in [2.45, 2.75) is 17.0 Å². The normalized spacial score (nSPS) is 11.7. The molecule has 0 unspecified atom stereocenters. The molecule has 0 fully saturated rings. The van der Waals surface area contributed by atoms with Crippen LogP contribution in [0.3, 0.4) is 0 Å². The first-order valence-electron chi connectivity index (χ1n) is 4.13. The zero-order valence-corrected chi connectivity index (χ0v) is 8.91. The van der Waals surface area contributed by atoms with Gasteiger partial charge in [0.1, 0.15) is 5.75 Å². The number of anilines is 1. The maximum atomic E-state index is 12.2. The lowest BCUT2D eigenvalue weighted by Gasteiger charge is -2.12. The molecule has 0 bridgehead atoms. The molecular weight excluding hydrogens is 267 g/mol. The Morgan fingerprint density at radius 2 is 1.94 bits per heavy atom. The zero-order chi connectivity index (χ0) is 13.1. The van der Waals surface area contributed by atoms with Gasteiger partial charge in [0.2, 0.25) is 0 Å². The van der Waals surface area contributed by atoms with Crippen molar-refractivity contribution < 1.29 is 26.7 Å². The number of nitrogens with one attached hydrogen (secondary N) is 1. The highest BCUT2D eigenvalue weighted by Gasteiger charge is 2.30. The number of ether oxygens (including phenoxy) is 1. The van der Waals surface area contributed by atoms with Gasteiger partial charge in [0.15, 0.2) is 0 Å². The predicted molar refractivity (Wildman–Crippen MR) is 52.8 cm³/mol. The minimum absolute atomic E-state index is 0.0334. The molecule has 0 aliphatic heterocycles. The van der Waals surface area contributed by atoms with Gasteiger partial charge < -0.3 is 10.2 Å². The third kappa shape index (κ3) is 4.65. The van der Waals surface area contributed by atoms with E-state index in [9.17, 15) is 22.0 Å². The Kier molecular flexibility index (Phi) is 4.40. The summed E-state index contributed by atoms with van der Waals surface area (Å²) in [6.07, 6.45) is 0. The van der Waals surface area contributed by atoms with Crippen molar-refractivity contribution in [3.05, 3.63) is 18.2 Å². The minimum atomic E-state index is -4.55. The van der Waals surface area contributed by atoms with Crippen LogP contribution in [-0.4, -0.2) is 12.1 Å². The standard InChI is InChI=1S/C8H7F5N2OS/c9-7(10)16-4-1-2-5(15-14)6(3-4)17-8(11,12)13/h1-3,7,15H,14H2. The van der Waals surface area contributed by atoms with Gasteiger partial charge in [-0.1, -0.05) is 0 Å². The first kappa shape index (κ1) is 13.8. The lowest BCUT2D eigenvalue weighted by atomic mass is 10.3. The molecule has 9 heteroatoms. The molecule has 0 amide bonds. The number of nitrogen functional groups attached to an aromatic ring is 1. The molecule has 1 rings (SSSR count). The number of hydrazine groups is 1. The highest BCUT2D eigenvalue weighted by atomic mass is 32.2. The van der Waals surface area contributed by atoms with Crippen molar-refractivity contribution in [1.29, 1.82) is 0 Å². The summed E-state index contributed by atoms with van der Waals surface area (Å²) in [5.41, 5.74) is -2.55. The van der Waals surface area contributed by atoms with Crippen LogP contribution < -0.4 is 16.0 Å². The molecule has 17 heavy (non-hydrogen) atoms. The van der Waals surface area contributed by atoms with Crippen LogP contribution in [0.4, 0.5) is 27.6 Å². The number of alkyl halides is 5. The Morgan fingerprint density at radius 3 is 2.41 bits per heavy atom. The van der Waals surface area contributed by atoms with E-state index in [0.717, 1.165) is 18.2 Å². The molecule has 0 aromatic heterocycles. The first-order valence-corrected chi connectivity index (χ1v) is 4.94. The van der Waals surface area contributed by atoms with E-state index >= 15 is 0 Å². The summed E-state index contributed by atoms with van der Waals surface area (Å²) in [4.78, 5) is -0.349. The fourth-order valence-corrected chi connectivity index (χ4v) is 1.67. The van der Waals surface area contributed by atoms with E-state index in [1.165, 1.54) is 0 Å². The number of thioether (sulfide) groups is 1. The Labute approximate surface area is 97.1 Å². The molecule has 0 aliphatic rings. The molecule has 0 saturated heterocycles. The SMILES string of the molecule is NNc1ccc(OC(F)F)cc1SC(F)(F)F. The van der Waals surface area contributed by atoms with Crippen LogP contribution >= 0.6 is 11.8 Å². The van der Waals surface area contributed by atoms with Crippen LogP contribution in [0, 0.1) is 0 Å². The summed E-state index contributed by atoms with van der Waals surface area (Å²) < 4.78 is 64.2. The maximum absolute atomic E-state index is 12.2. The van der Waals surface area contributed by atoms with E-state index in [-0.39, 0.29) is 16.3 Å². The topological polar surface area (TPSA) is 47.3 Å². The van der Waals surface area contributed by atoms with E-state index in [1.54, 1.807) is 0 Å². The van der Waals surface area contributed by atoms with Crippen molar-refractivity contribution in [2.75, 3.05) is 5.43 Å². The Morgan fingerprint density at radius 1 is 1.29 bits per heavy atom. The van der Waals surface area contributed by atoms with Gasteiger partial charge in [-0.25, -0.2) is 0 Å². The van der Waals surface area contributed by atoms with Crippen LogP contribution in [0.15, 0.2) is 23.1 Å². The van der Waals surface area contributed by atoms with Crippen molar-refractivity contribution in [2.24, 2.45) is 5.84 Å². The quantitative estimate of drug-likeness (QED) is 0.383. The molecular formula is C8H7F5N2OS. The fraction of sp³-hybridized carbons (Fsp3) is 0.250. The van der Waals surface area contributed by atoms with Crippen molar-refractivity contribution in [3.8, 4) is 5.75 Å². The van der Waals surface area contributed by atoms with Crippen molar-refractivity contribution >= 4 is 17.4 Å². The maximum Gasteiger partial charge on any atom is 0.446 e. The van der Waals surface area contributed by atoms with Gasteiger partial charge in [-0.2, -0.15) is 22.0 Å². The van der Waals surface area contributed by atoms with E-state index in [1.807, 2.05) is 5.43 Å². The number of hydrogen-bond donors (Lipinski definition) is 2. The van der Waals surface area contributed by atoms with E-state index in [4.69, 9.17) is 5.84 Å². The lowest BCUT2D eigenvalue weighted by molar-refractivity contribution is -0.0499. The molecule has 0 atom stereocenters. The molecule has 0 aliphatic carbocycles. The second-order valence-corrected chi connectivity index (χ2v) is 3.84. The molecule has 0 heterocycles. The summed E-state index contributed by atoms with van der Waals surface area (Å²) in [6, 6.07) is 3.03. The number of nitrogens with two attached hydrogens (primary N) is 1. The summed E-state index contributed by atoms with van der Waals surface area (Å²) in [5.74, 6) is 4.63. The molecule has 1 aromatic carbocycles. The molecule has 3 nitrogen and oxygen atoms in total. The molecule has 0 saturated carbocycles. The lowest BCUT2D eigenvalue weighted by Crippen LogP contribution is -2.10. The second kappa shape index (κ2) is 5.41. The number of hydrogen-bond acceptors (Lipinski definition) is 4. The van der Waals surface area contributed by atoms with Gasteiger partial charge in [0, 0.05) is 4.90 Å². The van der Waals surface area contributed by atoms with Gasteiger partial charge in [0.05, 0.1) is 5.69 Å². The molecule has 0 radical (unpaired) electrons. The highest BCUT2D eigenvalue weighted by Crippen LogP contribution is 2.41. The van der Waals surface area contributed by atoms with Crippen LogP contribution in [-0.2, 0) is 0 Å². The Hall–Kier alpha value is -1.22. The van der Waals surface area contributed by atoms with Gasteiger partial charge in [-0.3, -0.25) is 5.84 Å². The van der Waals surface area contributed by atoms with E-state index in [0.29, 0.717) is 0 Å². The van der Waals surface area contributed by atoms with E-state index in [2.05, 4.69) is 4.74 Å². The summed E-state index contributed by atoms with van der Waals surface area (Å²) >= 11 is -0.474. The van der Waals surface area contributed by atoms with Gasteiger partial charge in [-0.15, -0.1) is 0 Å². The molecule has 3 N–H and O–H groups in total. The number of halogens is 5. The van der Waals surface area contributed by atoms with Crippen molar-refractivity contribution in [3.63, 3.8) is 0 Å². The minimum Gasteiger partial charge on any atom is -0.435 e. The predicted octanol–water partition coefficient (Wildman–Crippen LogP) is 3.19. The third-order valence-electron chi connectivity index (χ3n) is 1.56. The van der Waals surface area contributed by atoms with Gasteiger partial charge >= 0.3 is 12.1 Å². The van der Waals surface area contributed by atoms with Crippen molar-refractivity contribution in [1.82, 2.24) is 0 Å². The van der Waals surface area contributed by atoms with E-state index < -0.39 is 23.9 Å². The first-order chi connectivity index (χ1) is 7.81. The number of benzene rings is 1. The summed E-state index contributed by atoms with van der Waals surface area (Å²) in [6.45, 7) is -3.10. The highest BCUT2D eigenvalue weighted by molar-refractivity contribution is 8.00. The molecule has 96 valence electrons. The van der Waals surface area contributed by atoms with Crippen LogP contribution in [0.1, 0.15) is 0 Å². The number of rotatable bonds is 4. The Balaban J connectivity index is 2.98. The summed E-state index contributed by atoms with van der Waals surface area (Å²) in [5, 5.41) is 0. The average Bonchev–Trinajstić information content (AvgIpc) is 2.14. The van der Waals surface area contributed by atoms with Gasteiger partial charge in [0.25, 0.3) is 0 Å². The fourth-order valence-electron chi connectivity index (χ4n) is 1.01. The largest absolute Gasteiger partial charge is 0.446 e. The monoisotopic (exact) mass is 274 g/mol.